The lowest BCUT2D eigenvalue weighted by molar-refractivity contribution is -0.350. The standard InChI is InChI=1S/C21H32O14/c1-20(29)3-2-8-9(16(27)28)4-31-17(11(8)20)35-18-14(25)13(24)12(23)10(34-18)5-32-19-15(26)21(30,6-22)7-33-19/h4,8,10-15,17-19,22-26,29-30H,2-3,5-7H2,1H3,(H,27,28). The van der Waals surface area contributed by atoms with Crippen molar-refractivity contribution in [1.82, 2.24) is 0 Å². The van der Waals surface area contributed by atoms with Gasteiger partial charge in [-0.25, -0.2) is 4.79 Å². The summed E-state index contributed by atoms with van der Waals surface area (Å²) < 4.78 is 27.3. The second-order valence-electron chi connectivity index (χ2n) is 9.78. The minimum atomic E-state index is -1.92. The molecule has 4 rings (SSSR count). The van der Waals surface area contributed by atoms with Crippen molar-refractivity contribution in [2.45, 2.75) is 80.4 Å². The molecule has 12 atom stereocenters. The molecule has 1 aliphatic carbocycles. The summed E-state index contributed by atoms with van der Waals surface area (Å²) in [5.74, 6) is -2.58. The summed E-state index contributed by atoms with van der Waals surface area (Å²) in [6.07, 6.45) is -10.5. The average Bonchev–Trinajstić information content (AvgIpc) is 3.29. The molecule has 8 N–H and O–H groups in total. The third-order valence-corrected chi connectivity index (χ3v) is 7.32. The number of fused-ring (bicyclic) bond motifs is 1. The third kappa shape index (κ3) is 4.81. The van der Waals surface area contributed by atoms with E-state index < -0.39 is 98.2 Å². The number of hydrogen-bond acceptors (Lipinski definition) is 13. The van der Waals surface area contributed by atoms with Crippen LogP contribution in [0.1, 0.15) is 19.8 Å². The van der Waals surface area contributed by atoms with Gasteiger partial charge in [0.2, 0.25) is 6.29 Å². The lowest BCUT2D eigenvalue weighted by Crippen LogP contribution is -2.61. The molecule has 0 aromatic rings. The van der Waals surface area contributed by atoms with E-state index in [2.05, 4.69) is 0 Å². The van der Waals surface area contributed by atoms with Crippen LogP contribution in [-0.2, 0) is 28.5 Å². The van der Waals surface area contributed by atoms with Gasteiger partial charge in [-0.3, -0.25) is 0 Å². The van der Waals surface area contributed by atoms with E-state index in [0.717, 1.165) is 6.26 Å². The van der Waals surface area contributed by atoms with E-state index in [0.29, 0.717) is 6.42 Å². The monoisotopic (exact) mass is 508 g/mol. The van der Waals surface area contributed by atoms with Gasteiger partial charge < -0.3 is 64.5 Å². The first kappa shape index (κ1) is 26.6. The number of ether oxygens (including phenoxy) is 5. The van der Waals surface area contributed by atoms with Gasteiger partial charge in [0.25, 0.3) is 0 Å². The van der Waals surface area contributed by atoms with Crippen LogP contribution in [0.15, 0.2) is 11.8 Å². The maximum atomic E-state index is 11.6. The van der Waals surface area contributed by atoms with Gasteiger partial charge in [0.05, 0.1) is 43.2 Å². The molecule has 3 aliphatic heterocycles. The number of rotatable bonds is 7. The molecule has 3 fully saturated rings. The fourth-order valence-corrected chi connectivity index (χ4v) is 5.12. The topological polar surface area (TPSA) is 225 Å². The highest BCUT2D eigenvalue weighted by molar-refractivity contribution is 5.87. The van der Waals surface area contributed by atoms with E-state index in [1.807, 2.05) is 0 Å². The molecule has 0 bridgehead atoms. The number of carboxylic acid groups (broad SMARTS) is 1. The molecule has 0 amide bonds. The lowest BCUT2D eigenvalue weighted by atomic mass is 9.81. The summed E-state index contributed by atoms with van der Waals surface area (Å²) >= 11 is 0. The molecule has 0 spiro atoms. The number of carbonyl (C=O) groups is 1. The fraction of sp³-hybridized carbons (Fsp3) is 0.857. The molecule has 200 valence electrons. The number of aliphatic hydroxyl groups is 7. The molecule has 35 heavy (non-hydrogen) atoms. The first-order valence-corrected chi connectivity index (χ1v) is 11.3. The summed E-state index contributed by atoms with van der Waals surface area (Å²) in [6.45, 7) is -0.116. The first-order chi connectivity index (χ1) is 16.4. The predicted octanol–water partition coefficient (Wildman–Crippen LogP) is -3.63. The third-order valence-electron chi connectivity index (χ3n) is 7.32. The first-order valence-electron chi connectivity index (χ1n) is 11.3. The summed E-state index contributed by atoms with van der Waals surface area (Å²) in [5, 5.41) is 80.8. The average molecular weight is 508 g/mol. The Bertz CT molecular complexity index is 818. The van der Waals surface area contributed by atoms with Gasteiger partial charge in [0.15, 0.2) is 12.6 Å². The summed E-state index contributed by atoms with van der Waals surface area (Å²) in [4.78, 5) is 11.6. The van der Waals surface area contributed by atoms with Crippen LogP contribution in [0, 0.1) is 11.8 Å². The largest absolute Gasteiger partial charge is 0.478 e. The normalized spacial score (nSPS) is 49.9. The van der Waals surface area contributed by atoms with Gasteiger partial charge in [0.1, 0.15) is 36.1 Å². The van der Waals surface area contributed by atoms with E-state index >= 15 is 0 Å². The molecule has 3 heterocycles. The molecule has 1 saturated carbocycles. The molecule has 14 heteroatoms. The summed E-state index contributed by atoms with van der Waals surface area (Å²) in [6, 6.07) is 0. The second-order valence-corrected chi connectivity index (χ2v) is 9.78. The van der Waals surface area contributed by atoms with E-state index in [1.54, 1.807) is 0 Å². The highest BCUT2D eigenvalue weighted by Gasteiger charge is 2.56. The Morgan fingerprint density at radius 1 is 1.11 bits per heavy atom. The number of aliphatic carboxylic acids is 1. The van der Waals surface area contributed by atoms with E-state index in [1.165, 1.54) is 6.92 Å². The smallest absolute Gasteiger partial charge is 0.334 e. The zero-order valence-electron chi connectivity index (χ0n) is 18.9. The van der Waals surface area contributed by atoms with E-state index in [4.69, 9.17) is 23.7 Å². The van der Waals surface area contributed by atoms with Gasteiger partial charge in [-0.05, 0) is 19.8 Å². The Kier molecular flexibility index (Phi) is 7.45. The van der Waals surface area contributed by atoms with Gasteiger partial charge >= 0.3 is 5.97 Å². The second kappa shape index (κ2) is 9.79. The van der Waals surface area contributed by atoms with Crippen LogP contribution in [0.5, 0.6) is 0 Å². The Balaban J connectivity index is 1.44. The molecular formula is C21H32O14. The van der Waals surface area contributed by atoms with Crippen LogP contribution >= 0.6 is 0 Å². The lowest BCUT2D eigenvalue weighted by Gasteiger charge is -2.44. The van der Waals surface area contributed by atoms with Gasteiger partial charge in [-0.15, -0.1) is 0 Å². The zero-order valence-corrected chi connectivity index (χ0v) is 18.9. The SMILES string of the molecule is CC1(O)CCC2C(C(=O)O)=COC(OC3OC(COC4OCC(O)(CO)C4O)C(O)C(O)C3O)C21. The van der Waals surface area contributed by atoms with Gasteiger partial charge in [0, 0.05) is 5.92 Å². The Morgan fingerprint density at radius 3 is 2.46 bits per heavy atom. The van der Waals surface area contributed by atoms with Gasteiger partial charge in [-0.2, -0.15) is 0 Å². The van der Waals surface area contributed by atoms with E-state index in [-0.39, 0.29) is 12.0 Å². The number of hydrogen-bond donors (Lipinski definition) is 8. The van der Waals surface area contributed by atoms with Crippen LogP contribution in [0.25, 0.3) is 0 Å². The molecule has 0 aromatic heterocycles. The quantitative estimate of drug-likeness (QED) is 0.166. The van der Waals surface area contributed by atoms with E-state index in [9.17, 15) is 45.6 Å². The van der Waals surface area contributed by atoms with Crippen molar-refractivity contribution < 1.29 is 69.3 Å². The van der Waals surface area contributed by atoms with Crippen LogP contribution in [0.2, 0.25) is 0 Å². The van der Waals surface area contributed by atoms with Crippen molar-refractivity contribution in [1.29, 1.82) is 0 Å². The molecule has 2 saturated heterocycles. The van der Waals surface area contributed by atoms with Crippen LogP contribution in [0.4, 0.5) is 0 Å². The minimum Gasteiger partial charge on any atom is -0.478 e. The fourth-order valence-electron chi connectivity index (χ4n) is 5.12. The molecule has 0 aromatic carbocycles. The number of carboxylic acids is 1. The maximum Gasteiger partial charge on any atom is 0.334 e. The van der Waals surface area contributed by atoms with Crippen LogP contribution in [-0.4, -0.2) is 127 Å². The van der Waals surface area contributed by atoms with Gasteiger partial charge in [-0.1, -0.05) is 0 Å². The van der Waals surface area contributed by atoms with Crippen molar-refractivity contribution >= 4 is 5.97 Å². The molecule has 0 radical (unpaired) electrons. The maximum absolute atomic E-state index is 11.6. The van der Waals surface area contributed by atoms with Crippen molar-refractivity contribution in [3.8, 4) is 0 Å². The minimum absolute atomic E-state index is 0.0163. The predicted molar refractivity (Wildman–Crippen MR) is 109 cm³/mol. The Morgan fingerprint density at radius 2 is 1.83 bits per heavy atom. The van der Waals surface area contributed by atoms with Crippen LogP contribution in [0.3, 0.4) is 0 Å². The van der Waals surface area contributed by atoms with Crippen molar-refractivity contribution in [3.05, 3.63) is 11.8 Å². The molecular weight excluding hydrogens is 476 g/mol. The zero-order chi connectivity index (χ0) is 25.7. The summed E-state index contributed by atoms with van der Waals surface area (Å²) in [7, 11) is 0. The highest BCUT2D eigenvalue weighted by atomic mass is 16.8. The van der Waals surface area contributed by atoms with Crippen molar-refractivity contribution in [3.63, 3.8) is 0 Å². The molecule has 14 nitrogen and oxygen atoms in total. The number of aliphatic hydroxyl groups excluding tert-OH is 5. The summed E-state index contributed by atoms with van der Waals surface area (Å²) in [5.41, 5.74) is -3.28. The highest BCUT2D eigenvalue weighted by Crippen LogP contribution is 2.49. The van der Waals surface area contributed by atoms with Crippen molar-refractivity contribution in [2.75, 3.05) is 19.8 Å². The molecule has 4 aliphatic rings. The molecule has 12 unspecified atom stereocenters. The Hall–Kier alpha value is -1.43. The van der Waals surface area contributed by atoms with Crippen LogP contribution < -0.4 is 0 Å². The van der Waals surface area contributed by atoms with Crippen molar-refractivity contribution in [2.24, 2.45) is 11.8 Å². The Labute approximate surface area is 199 Å².